The fourth-order valence-corrected chi connectivity index (χ4v) is 8.48. The van der Waals surface area contributed by atoms with Crippen LogP contribution in [0.5, 0.6) is 0 Å². The molecule has 3 aliphatic carbocycles. The second-order valence-electron chi connectivity index (χ2n) is 14.2. The maximum atomic E-state index is 13.5. The number of aliphatic hydroxyl groups excluding tert-OH is 2. The molecule has 0 aliphatic heterocycles. The standard InChI is InChI=1S/C31H52N2O5S.CH4O.ClH.H2O/c1-10-29(8)15-22(38-23(35)16-39-28(6,7)17-33-27(37)24(32)18(2)3)30(9)19(4)11-13-31(20(5)26(29)36)14-12-21(34)25(30)31;1-2;;/h10,18-20,22,24-26,36H,1,11-17,32H2,2-9H3,(H,33,37);2H,1H3;1H;1H2/t19-,20+,22-,24-,25+,26+,29-,30+,31+;;;/m0.../s1. The molecule has 2 bridgehead atoms. The molecule has 9 nitrogen and oxygen atoms in total. The lowest BCUT2D eigenvalue weighted by molar-refractivity contribution is -0.414. The fourth-order valence-electron chi connectivity index (χ4n) is 7.73. The zero-order chi connectivity index (χ0) is 31.6. The number of hydrogen-bond acceptors (Lipinski definition) is 7. The number of esters is 1. The van der Waals surface area contributed by atoms with E-state index >= 15 is 0 Å². The Hall–Kier alpha value is -1.17. The van der Waals surface area contributed by atoms with Gasteiger partial charge in [0.1, 0.15) is 11.9 Å². The molecule has 3 aliphatic rings. The van der Waals surface area contributed by atoms with E-state index in [2.05, 4.69) is 38.4 Å². The molecule has 43 heavy (non-hydrogen) atoms. The van der Waals surface area contributed by atoms with Gasteiger partial charge in [0.05, 0.1) is 11.9 Å². The van der Waals surface area contributed by atoms with E-state index in [4.69, 9.17) is 9.84 Å². The molecule has 252 valence electrons. The summed E-state index contributed by atoms with van der Waals surface area (Å²) in [5, 5.41) is 21.6. The van der Waals surface area contributed by atoms with E-state index in [9.17, 15) is 19.5 Å². The van der Waals surface area contributed by atoms with Crippen LogP contribution in [0.2, 0.25) is 0 Å². The summed E-state index contributed by atoms with van der Waals surface area (Å²) in [6.45, 7) is 20.9. The Morgan fingerprint density at radius 1 is 1.23 bits per heavy atom. The monoisotopic (exact) mass is 650 g/mol. The van der Waals surface area contributed by atoms with E-state index < -0.39 is 23.0 Å². The minimum absolute atomic E-state index is 0. The van der Waals surface area contributed by atoms with Gasteiger partial charge < -0.3 is 43.9 Å². The summed E-state index contributed by atoms with van der Waals surface area (Å²) in [5.74, 6) is 0.0290. The number of carbonyl (C=O) groups excluding carboxylic acids is 3. The van der Waals surface area contributed by atoms with Gasteiger partial charge in [-0.05, 0) is 56.8 Å². The maximum Gasteiger partial charge on any atom is 0.316 e. The van der Waals surface area contributed by atoms with E-state index in [1.807, 2.05) is 40.7 Å². The molecule has 0 aromatic rings. The van der Waals surface area contributed by atoms with Crippen molar-refractivity contribution in [2.45, 2.75) is 110 Å². The SMILES string of the molecule is C=C[C@@]1(C)C[C@H](OC(=O)CSC(C)(C)CNC(=O)[C@@H]([NH3+])C(C)C)[C@@]2(C)[C@@H](C)CC[C@@]3(CCC(=O)[C@@H]32)[C@H](C)[C@H]1O.CO.O.[Cl-]. The molecule has 11 heteroatoms. The number of carbonyl (C=O) groups is 3. The highest BCUT2D eigenvalue weighted by atomic mass is 35.5. The van der Waals surface area contributed by atoms with Crippen LogP contribution < -0.4 is 23.5 Å². The van der Waals surface area contributed by atoms with Gasteiger partial charge in [-0.15, -0.1) is 18.3 Å². The number of hydrogen-bond donors (Lipinski definition) is 4. The van der Waals surface area contributed by atoms with Crippen molar-refractivity contribution in [3.63, 3.8) is 0 Å². The van der Waals surface area contributed by atoms with E-state index in [1.54, 1.807) is 0 Å². The van der Waals surface area contributed by atoms with Crippen LogP contribution in [-0.4, -0.2) is 75.8 Å². The highest BCUT2D eigenvalue weighted by Crippen LogP contribution is 2.68. The predicted octanol–water partition coefficient (Wildman–Crippen LogP) is -0.425. The summed E-state index contributed by atoms with van der Waals surface area (Å²) in [6, 6.07) is -0.323. The van der Waals surface area contributed by atoms with Crippen LogP contribution in [0, 0.1) is 39.9 Å². The molecular formula is C32H59ClN2O7S. The van der Waals surface area contributed by atoms with Crippen molar-refractivity contribution < 1.29 is 53.0 Å². The predicted molar refractivity (Wildman–Crippen MR) is 167 cm³/mol. The van der Waals surface area contributed by atoms with E-state index in [-0.39, 0.29) is 81.2 Å². The summed E-state index contributed by atoms with van der Waals surface area (Å²) in [6.07, 6.45) is 4.22. The van der Waals surface area contributed by atoms with Crippen LogP contribution in [0.1, 0.15) is 87.5 Å². The van der Waals surface area contributed by atoms with Gasteiger partial charge in [0.25, 0.3) is 5.91 Å². The summed E-state index contributed by atoms with van der Waals surface area (Å²) < 4.78 is 5.96. The molecule has 3 rings (SSSR count). The third-order valence-electron chi connectivity index (χ3n) is 11.0. The first-order valence-electron chi connectivity index (χ1n) is 15.2. The highest BCUT2D eigenvalue weighted by Gasteiger charge is 2.68. The van der Waals surface area contributed by atoms with Gasteiger partial charge in [0.15, 0.2) is 6.04 Å². The molecule has 0 spiro atoms. The summed E-state index contributed by atoms with van der Waals surface area (Å²) >= 11 is 1.45. The number of ether oxygens (including phenoxy) is 1. The van der Waals surface area contributed by atoms with Crippen LogP contribution in [0.25, 0.3) is 0 Å². The molecule has 0 aromatic carbocycles. The van der Waals surface area contributed by atoms with Gasteiger partial charge in [-0.25, -0.2) is 0 Å². The third-order valence-corrected chi connectivity index (χ3v) is 12.3. The van der Waals surface area contributed by atoms with Gasteiger partial charge in [-0.1, -0.05) is 47.6 Å². The van der Waals surface area contributed by atoms with Crippen molar-refractivity contribution in [1.29, 1.82) is 0 Å². The minimum atomic E-state index is -0.679. The maximum absolute atomic E-state index is 13.5. The number of halogens is 1. The topological polar surface area (TPSA) is 172 Å². The molecule has 1 amide bonds. The normalized spacial score (nSPS) is 35.8. The van der Waals surface area contributed by atoms with Crippen LogP contribution in [-0.2, 0) is 19.1 Å². The van der Waals surface area contributed by atoms with Gasteiger partial charge in [0.2, 0.25) is 0 Å². The molecule has 0 aromatic heterocycles. The van der Waals surface area contributed by atoms with Crippen molar-refractivity contribution >= 4 is 29.4 Å². The lowest BCUT2D eigenvalue weighted by Crippen LogP contribution is -3.00. The Morgan fingerprint density at radius 3 is 2.35 bits per heavy atom. The van der Waals surface area contributed by atoms with Crippen LogP contribution in [0.4, 0.5) is 0 Å². The number of ketones is 1. The molecule has 9 atom stereocenters. The van der Waals surface area contributed by atoms with Gasteiger partial charge in [-0.2, -0.15) is 0 Å². The zero-order valence-electron chi connectivity index (χ0n) is 27.8. The van der Waals surface area contributed by atoms with Crippen molar-refractivity contribution in [1.82, 2.24) is 5.32 Å². The summed E-state index contributed by atoms with van der Waals surface area (Å²) in [7, 11) is 1.00. The van der Waals surface area contributed by atoms with Crippen molar-refractivity contribution in [3.05, 3.63) is 12.7 Å². The second kappa shape index (κ2) is 15.9. The number of quaternary nitrogens is 1. The Labute approximate surface area is 269 Å². The molecule has 0 unspecified atom stereocenters. The molecule has 0 radical (unpaired) electrons. The first-order chi connectivity index (χ1) is 18.9. The lowest BCUT2D eigenvalue weighted by atomic mass is 9.44. The largest absolute Gasteiger partial charge is 1.00 e. The molecular weight excluding hydrogens is 592 g/mol. The smallest absolute Gasteiger partial charge is 0.316 e. The van der Waals surface area contributed by atoms with Crippen molar-refractivity contribution in [2.75, 3.05) is 19.4 Å². The average Bonchev–Trinajstić information content (AvgIpc) is 3.29. The number of aliphatic hydroxyl groups is 2. The molecule has 8 N–H and O–H groups in total. The quantitative estimate of drug-likeness (QED) is 0.194. The van der Waals surface area contributed by atoms with E-state index in [0.29, 0.717) is 19.4 Å². The molecule has 0 heterocycles. The first kappa shape index (κ1) is 41.8. The van der Waals surface area contributed by atoms with Gasteiger partial charge in [-0.3, -0.25) is 14.4 Å². The third kappa shape index (κ3) is 8.17. The molecule has 0 saturated heterocycles. The average molecular weight is 651 g/mol. The van der Waals surface area contributed by atoms with Crippen LogP contribution in [0.15, 0.2) is 12.7 Å². The number of Topliss-reactive ketones (excluding diaryl/α,β-unsaturated/α-hetero) is 1. The summed E-state index contributed by atoms with van der Waals surface area (Å²) in [4.78, 5) is 39.3. The van der Waals surface area contributed by atoms with Crippen LogP contribution >= 0.6 is 11.8 Å². The Balaban J connectivity index is 0.00000432. The number of rotatable bonds is 9. The first-order valence-corrected chi connectivity index (χ1v) is 16.2. The van der Waals surface area contributed by atoms with Gasteiger partial charge >= 0.3 is 5.97 Å². The van der Waals surface area contributed by atoms with Gasteiger partial charge in [0, 0.05) is 47.5 Å². The Bertz CT molecular complexity index is 981. The van der Waals surface area contributed by atoms with Crippen LogP contribution in [0.3, 0.4) is 0 Å². The molecule has 3 fully saturated rings. The van der Waals surface area contributed by atoms with Crippen molar-refractivity contribution in [2.24, 2.45) is 39.9 Å². The number of nitrogens with one attached hydrogen (secondary N) is 1. The number of thioether (sulfide) groups is 1. The lowest BCUT2D eigenvalue weighted by Gasteiger charge is -2.61. The van der Waals surface area contributed by atoms with E-state index in [1.165, 1.54) is 11.8 Å². The number of amides is 1. The highest BCUT2D eigenvalue weighted by molar-refractivity contribution is 8.01. The molecule has 3 saturated carbocycles. The zero-order valence-corrected chi connectivity index (χ0v) is 29.4. The summed E-state index contributed by atoms with van der Waals surface area (Å²) in [5.41, 5.74) is 2.49. The Kier molecular flexibility index (Phi) is 15.5. The Morgan fingerprint density at radius 2 is 1.81 bits per heavy atom. The fraction of sp³-hybridized carbons (Fsp3) is 0.844. The van der Waals surface area contributed by atoms with E-state index in [0.717, 1.165) is 26.4 Å². The minimum Gasteiger partial charge on any atom is -1.00 e. The second-order valence-corrected chi connectivity index (χ2v) is 15.9. The van der Waals surface area contributed by atoms with Crippen molar-refractivity contribution in [3.8, 4) is 0 Å².